The van der Waals surface area contributed by atoms with E-state index in [9.17, 15) is 9.59 Å². The lowest BCUT2D eigenvalue weighted by Crippen LogP contribution is -2.50. The van der Waals surface area contributed by atoms with Gasteiger partial charge in [0.25, 0.3) is 0 Å². The van der Waals surface area contributed by atoms with Crippen LogP contribution >= 0.6 is 0 Å². The van der Waals surface area contributed by atoms with Crippen LogP contribution in [0.25, 0.3) is 0 Å². The molecule has 28 heavy (non-hydrogen) atoms. The van der Waals surface area contributed by atoms with Gasteiger partial charge in [-0.2, -0.15) is 0 Å². The number of nitrogens with zero attached hydrogens (tertiary/aromatic N) is 1. The highest BCUT2D eigenvalue weighted by Crippen LogP contribution is 2.27. The molecule has 0 saturated carbocycles. The Labute approximate surface area is 164 Å². The lowest BCUT2D eigenvalue weighted by Gasteiger charge is -2.39. The number of fused-ring (bicyclic) bond motifs is 2. The van der Waals surface area contributed by atoms with E-state index >= 15 is 0 Å². The summed E-state index contributed by atoms with van der Waals surface area (Å²) in [7, 11) is 0. The van der Waals surface area contributed by atoms with E-state index in [2.05, 4.69) is 15.5 Å². The Bertz CT molecular complexity index is 823. The third-order valence-electron chi connectivity index (χ3n) is 5.41. The van der Waals surface area contributed by atoms with Crippen molar-refractivity contribution in [2.24, 2.45) is 0 Å². The molecule has 2 heterocycles. The van der Waals surface area contributed by atoms with Crippen molar-refractivity contribution >= 4 is 17.5 Å². The summed E-state index contributed by atoms with van der Waals surface area (Å²) < 4.78 is 5.77. The fourth-order valence-electron chi connectivity index (χ4n) is 4.03. The smallest absolute Gasteiger partial charge is 0.238 e. The molecule has 146 valence electrons. The van der Waals surface area contributed by atoms with Gasteiger partial charge in [-0.15, -0.1) is 0 Å². The summed E-state index contributed by atoms with van der Waals surface area (Å²) in [5.74, 6) is 1.53. The summed E-state index contributed by atoms with van der Waals surface area (Å²) >= 11 is 0. The Morgan fingerprint density at radius 3 is 2.54 bits per heavy atom. The predicted molar refractivity (Wildman–Crippen MR) is 107 cm³/mol. The molecule has 6 nitrogen and oxygen atoms in total. The van der Waals surface area contributed by atoms with Crippen molar-refractivity contribution < 1.29 is 14.3 Å². The maximum atomic E-state index is 12.6. The molecule has 2 aliphatic heterocycles. The van der Waals surface area contributed by atoms with Gasteiger partial charge in [0.15, 0.2) is 0 Å². The van der Waals surface area contributed by atoms with Gasteiger partial charge >= 0.3 is 0 Å². The zero-order chi connectivity index (χ0) is 19.3. The first-order valence-corrected chi connectivity index (χ1v) is 9.82. The van der Waals surface area contributed by atoms with E-state index in [1.165, 1.54) is 0 Å². The number of carbonyl (C=O) groups excluding carboxylic acids is 2. The molecular formula is C22H25N3O3. The summed E-state index contributed by atoms with van der Waals surface area (Å²) in [6.45, 7) is 0.945. The van der Waals surface area contributed by atoms with Crippen molar-refractivity contribution in [1.82, 2.24) is 10.2 Å². The van der Waals surface area contributed by atoms with Crippen LogP contribution in [0.2, 0.25) is 0 Å². The molecule has 2 aromatic carbocycles. The lowest BCUT2D eigenvalue weighted by molar-refractivity contribution is -0.122. The van der Waals surface area contributed by atoms with Crippen LogP contribution in [0.15, 0.2) is 54.6 Å². The highest BCUT2D eigenvalue weighted by molar-refractivity contribution is 5.92. The number of rotatable bonds is 5. The zero-order valence-electron chi connectivity index (χ0n) is 15.8. The van der Waals surface area contributed by atoms with E-state index in [1.807, 2.05) is 54.6 Å². The number of anilines is 1. The number of piperidine rings is 1. The van der Waals surface area contributed by atoms with Crippen LogP contribution in [-0.4, -0.2) is 41.9 Å². The quantitative estimate of drug-likeness (QED) is 0.837. The van der Waals surface area contributed by atoms with Crippen LogP contribution in [0.3, 0.4) is 0 Å². The van der Waals surface area contributed by atoms with Crippen molar-refractivity contribution in [1.29, 1.82) is 0 Å². The fourth-order valence-corrected chi connectivity index (χ4v) is 4.03. The normalized spacial score (nSPS) is 22.1. The molecule has 2 amide bonds. The minimum Gasteiger partial charge on any atom is -0.457 e. The second kappa shape index (κ2) is 8.44. The Hall–Kier alpha value is -2.86. The molecule has 2 N–H and O–H groups in total. The molecule has 6 heteroatoms. The molecule has 2 fully saturated rings. The summed E-state index contributed by atoms with van der Waals surface area (Å²) in [6, 6.07) is 17.3. The monoisotopic (exact) mass is 379 g/mol. The maximum Gasteiger partial charge on any atom is 0.238 e. The van der Waals surface area contributed by atoms with E-state index in [-0.39, 0.29) is 23.9 Å². The van der Waals surface area contributed by atoms with E-state index in [0.29, 0.717) is 19.5 Å². The number of ether oxygens (including phenoxy) is 1. The highest BCUT2D eigenvalue weighted by atomic mass is 16.5. The molecule has 2 saturated heterocycles. The van der Waals surface area contributed by atoms with Crippen LogP contribution < -0.4 is 15.4 Å². The number of nitrogens with one attached hydrogen (secondary N) is 2. The maximum absolute atomic E-state index is 12.6. The Balaban J connectivity index is 1.35. The number of hydrogen-bond acceptors (Lipinski definition) is 4. The molecule has 0 radical (unpaired) electrons. The van der Waals surface area contributed by atoms with Crippen LogP contribution in [0.1, 0.15) is 25.7 Å². The van der Waals surface area contributed by atoms with Gasteiger partial charge in [-0.25, -0.2) is 0 Å². The van der Waals surface area contributed by atoms with Gasteiger partial charge < -0.3 is 15.4 Å². The number of benzene rings is 2. The predicted octanol–water partition coefficient (Wildman–Crippen LogP) is 3.16. The average Bonchev–Trinajstić information content (AvgIpc) is 2.77. The van der Waals surface area contributed by atoms with Crippen molar-refractivity contribution in [3.05, 3.63) is 54.6 Å². The average molecular weight is 379 g/mol. The van der Waals surface area contributed by atoms with Crippen LogP contribution in [0.4, 0.5) is 5.69 Å². The molecule has 2 bridgehead atoms. The molecule has 2 aromatic rings. The third kappa shape index (κ3) is 4.51. The minimum absolute atomic E-state index is 0.0528. The Morgan fingerprint density at radius 1 is 1.04 bits per heavy atom. The van der Waals surface area contributed by atoms with Crippen molar-refractivity contribution in [2.45, 2.75) is 37.8 Å². The molecule has 2 aliphatic rings. The first-order valence-electron chi connectivity index (χ1n) is 9.82. The Kier molecular flexibility index (Phi) is 5.58. The van der Waals surface area contributed by atoms with E-state index < -0.39 is 0 Å². The molecule has 0 spiro atoms. The Morgan fingerprint density at radius 2 is 1.75 bits per heavy atom. The number of para-hydroxylation sites is 1. The van der Waals surface area contributed by atoms with Crippen molar-refractivity contribution in [2.75, 3.05) is 18.4 Å². The van der Waals surface area contributed by atoms with Gasteiger partial charge in [0.1, 0.15) is 11.5 Å². The molecule has 0 aliphatic carbocycles. The van der Waals surface area contributed by atoms with Gasteiger partial charge in [0.2, 0.25) is 11.8 Å². The molecule has 2 unspecified atom stereocenters. The van der Waals surface area contributed by atoms with Gasteiger partial charge in [-0.3, -0.25) is 14.5 Å². The van der Waals surface area contributed by atoms with Crippen LogP contribution in [0.5, 0.6) is 11.5 Å². The first-order chi connectivity index (χ1) is 13.7. The van der Waals surface area contributed by atoms with Gasteiger partial charge in [-0.1, -0.05) is 24.6 Å². The summed E-state index contributed by atoms with van der Waals surface area (Å²) in [6.07, 6.45) is 3.60. The topological polar surface area (TPSA) is 70.7 Å². The highest BCUT2D eigenvalue weighted by Gasteiger charge is 2.35. The standard InChI is InChI=1S/C22H25N3O3/c26-21-13-17-5-4-6-18(14-23-21)25(17)15-22(27)24-16-9-11-20(12-10-16)28-19-7-2-1-3-8-19/h1-3,7-12,17-18H,4-6,13-15H2,(H,23,26)(H,24,27). The van der Waals surface area contributed by atoms with E-state index in [1.54, 1.807) is 0 Å². The fraction of sp³-hybridized carbons (Fsp3) is 0.364. The minimum atomic E-state index is -0.0528. The summed E-state index contributed by atoms with van der Waals surface area (Å²) in [4.78, 5) is 26.7. The van der Waals surface area contributed by atoms with Crippen molar-refractivity contribution in [3.8, 4) is 11.5 Å². The van der Waals surface area contributed by atoms with Gasteiger partial charge in [-0.05, 0) is 49.2 Å². The SMILES string of the molecule is O=C1CC2CCCC(CN1)N2CC(=O)Nc1ccc(Oc2ccccc2)cc1. The number of amides is 2. The summed E-state index contributed by atoms with van der Waals surface area (Å²) in [5, 5.41) is 5.93. The second-order valence-electron chi connectivity index (χ2n) is 7.41. The lowest BCUT2D eigenvalue weighted by atomic mass is 9.94. The third-order valence-corrected chi connectivity index (χ3v) is 5.41. The zero-order valence-corrected chi connectivity index (χ0v) is 15.8. The van der Waals surface area contributed by atoms with Gasteiger partial charge in [0, 0.05) is 30.7 Å². The van der Waals surface area contributed by atoms with E-state index in [0.717, 1.165) is 36.4 Å². The van der Waals surface area contributed by atoms with Gasteiger partial charge in [0.05, 0.1) is 6.54 Å². The molecule has 2 atom stereocenters. The molecular weight excluding hydrogens is 354 g/mol. The number of carbonyl (C=O) groups is 2. The molecule has 0 aromatic heterocycles. The van der Waals surface area contributed by atoms with Crippen molar-refractivity contribution in [3.63, 3.8) is 0 Å². The van der Waals surface area contributed by atoms with E-state index in [4.69, 9.17) is 4.74 Å². The summed E-state index contributed by atoms with van der Waals surface area (Å²) in [5.41, 5.74) is 0.736. The first kappa shape index (κ1) is 18.5. The van der Waals surface area contributed by atoms with Crippen LogP contribution in [-0.2, 0) is 9.59 Å². The van der Waals surface area contributed by atoms with Crippen LogP contribution in [0, 0.1) is 0 Å². The largest absolute Gasteiger partial charge is 0.457 e. The number of hydrogen-bond donors (Lipinski definition) is 2. The molecule has 4 rings (SSSR count). The second-order valence-corrected chi connectivity index (χ2v) is 7.41.